The minimum absolute atomic E-state index is 0.191. The summed E-state index contributed by atoms with van der Waals surface area (Å²) in [6.07, 6.45) is 0.900. The molecule has 0 radical (unpaired) electrons. The summed E-state index contributed by atoms with van der Waals surface area (Å²) in [7, 11) is 0. The number of ether oxygens (including phenoxy) is 1. The highest BCUT2D eigenvalue weighted by Crippen LogP contribution is 2.37. The van der Waals surface area contributed by atoms with Gasteiger partial charge in [-0.25, -0.2) is 4.79 Å². The molecule has 0 fully saturated rings. The Morgan fingerprint density at radius 1 is 1.16 bits per heavy atom. The second-order valence-corrected chi connectivity index (χ2v) is 7.60. The summed E-state index contributed by atoms with van der Waals surface area (Å²) in [6.45, 7) is 4.39. The first-order valence-electron chi connectivity index (χ1n) is 8.35. The van der Waals surface area contributed by atoms with Gasteiger partial charge in [0.1, 0.15) is 0 Å². The molecule has 0 aliphatic carbocycles. The lowest BCUT2D eigenvalue weighted by molar-refractivity contribution is -0.121. The predicted molar refractivity (Wildman–Crippen MR) is 100 cm³/mol. The van der Waals surface area contributed by atoms with Gasteiger partial charge in [-0.2, -0.15) is 0 Å². The van der Waals surface area contributed by atoms with Crippen molar-refractivity contribution in [3.63, 3.8) is 0 Å². The van der Waals surface area contributed by atoms with Crippen LogP contribution in [0.15, 0.2) is 53.4 Å². The molecule has 2 aromatic carbocycles. The van der Waals surface area contributed by atoms with Gasteiger partial charge in [0.2, 0.25) is 0 Å². The Balaban J connectivity index is 1.71. The number of hydrogen-bond donors (Lipinski definition) is 0. The van der Waals surface area contributed by atoms with Crippen molar-refractivity contribution >= 4 is 29.3 Å². The second kappa shape index (κ2) is 7.74. The molecule has 0 spiro atoms. The smallest absolute Gasteiger partial charge is 0.338 e. The number of carbonyl (C=O) groups is 2. The quantitative estimate of drug-likeness (QED) is 0.779. The molecule has 0 N–H and O–H groups in total. The van der Waals surface area contributed by atoms with E-state index in [1.165, 1.54) is 0 Å². The SMILES string of the molecule is Cc1ccccc1C(=O)OCC(=O)N1CC[C@H](C)Sc2ccccc21. The van der Waals surface area contributed by atoms with Crippen LogP contribution in [0.5, 0.6) is 0 Å². The molecule has 1 atom stereocenters. The molecule has 0 saturated heterocycles. The van der Waals surface area contributed by atoms with Gasteiger partial charge in [0, 0.05) is 16.7 Å². The van der Waals surface area contributed by atoms with Crippen LogP contribution >= 0.6 is 11.8 Å². The highest BCUT2D eigenvalue weighted by atomic mass is 32.2. The van der Waals surface area contributed by atoms with Crippen molar-refractivity contribution in [2.24, 2.45) is 0 Å². The van der Waals surface area contributed by atoms with E-state index >= 15 is 0 Å². The van der Waals surface area contributed by atoms with Crippen LogP contribution < -0.4 is 4.90 Å². The van der Waals surface area contributed by atoms with Gasteiger partial charge in [0.05, 0.1) is 11.3 Å². The van der Waals surface area contributed by atoms with Crippen molar-refractivity contribution in [2.75, 3.05) is 18.1 Å². The van der Waals surface area contributed by atoms with E-state index in [9.17, 15) is 9.59 Å². The molecule has 0 unspecified atom stereocenters. The number of rotatable bonds is 3. The van der Waals surface area contributed by atoms with Crippen molar-refractivity contribution in [3.05, 3.63) is 59.7 Å². The molecule has 1 aliphatic heterocycles. The normalized spacial score (nSPS) is 16.7. The van der Waals surface area contributed by atoms with Gasteiger partial charge in [0.15, 0.2) is 6.61 Å². The van der Waals surface area contributed by atoms with Gasteiger partial charge in [0.25, 0.3) is 5.91 Å². The number of amides is 1. The van der Waals surface area contributed by atoms with Crippen LogP contribution in [-0.4, -0.2) is 30.3 Å². The Kier molecular flexibility index (Phi) is 5.43. The Labute approximate surface area is 152 Å². The van der Waals surface area contributed by atoms with Crippen molar-refractivity contribution in [2.45, 2.75) is 30.4 Å². The first-order chi connectivity index (χ1) is 12.1. The fraction of sp³-hybridized carbons (Fsp3) is 0.300. The van der Waals surface area contributed by atoms with E-state index in [1.807, 2.05) is 43.3 Å². The summed E-state index contributed by atoms with van der Waals surface area (Å²) in [4.78, 5) is 27.7. The maximum absolute atomic E-state index is 12.7. The van der Waals surface area contributed by atoms with Crippen LogP contribution in [0, 0.1) is 6.92 Å². The van der Waals surface area contributed by atoms with E-state index in [0.29, 0.717) is 17.4 Å². The standard InChI is InChI=1S/C20H21NO3S/c1-14-7-3-4-8-16(14)20(23)24-13-19(22)21-12-11-15(2)25-18-10-6-5-9-17(18)21/h3-10,15H,11-13H2,1-2H3/t15-/m0/s1. The summed E-state index contributed by atoms with van der Waals surface area (Å²) in [6, 6.07) is 15.1. The lowest BCUT2D eigenvalue weighted by Crippen LogP contribution is -2.35. The van der Waals surface area contributed by atoms with Crippen molar-refractivity contribution in [1.29, 1.82) is 0 Å². The minimum atomic E-state index is -0.461. The molecule has 4 nitrogen and oxygen atoms in total. The van der Waals surface area contributed by atoms with E-state index in [2.05, 4.69) is 6.92 Å². The molecule has 1 heterocycles. The first-order valence-corrected chi connectivity index (χ1v) is 9.23. The zero-order valence-corrected chi connectivity index (χ0v) is 15.2. The lowest BCUT2D eigenvalue weighted by atomic mass is 10.1. The first kappa shape index (κ1) is 17.5. The number of anilines is 1. The Morgan fingerprint density at radius 2 is 1.88 bits per heavy atom. The third-order valence-corrected chi connectivity index (χ3v) is 5.47. The number of benzene rings is 2. The Hall–Kier alpha value is -2.27. The van der Waals surface area contributed by atoms with E-state index in [4.69, 9.17) is 4.74 Å². The average molecular weight is 355 g/mol. The third kappa shape index (κ3) is 4.04. The molecule has 5 heteroatoms. The summed E-state index contributed by atoms with van der Waals surface area (Å²) >= 11 is 1.78. The molecule has 0 saturated carbocycles. The van der Waals surface area contributed by atoms with Gasteiger partial charge in [-0.05, 0) is 37.1 Å². The molecule has 0 bridgehead atoms. The maximum Gasteiger partial charge on any atom is 0.338 e. The van der Waals surface area contributed by atoms with Gasteiger partial charge < -0.3 is 9.64 Å². The number of para-hydroxylation sites is 1. The molecular weight excluding hydrogens is 334 g/mol. The molecule has 130 valence electrons. The molecule has 0 aromatic heterocycles. The number of esters is 1. The number of hydrogen-bond acceptors (Lipinski definition) is 4. The molecule has 3 rings (SSSR count). The van der Waals surface area contributed by atoms with Crippen LogP contribution in [0.1, 0.15) is 29.3 Å². The number of carbonyl (C=O) groups excluding carboxylic acids is 2. The van der Waals surface area contributed by atoms with Gasteiger partial charge in [-0.1, -0.05) is 37.3 Å². The maximum atomic E-state index is 12.7. The fourth-order valence-electron chi connectivity index (χ4n) is 2.83. The van der Waals surface area contributed by atoms with E-state index in [-0.39, 0.29) is 12.5 Å². The number of nitrogens with zero attached hydrogens (tertiary/aromatic N) is 1. The fourth-order valence-corrected chi connectivity index (χ4v) is 3.94. The number of thioether (sulfide) groups is 1. The highest BCUT2D eigenvalue weighted by Gasteiger charge is 2.25. The van der Waals surface area contributed by atoms with Crippen LogP contribution in [-0.2, 0) is 9.53 Å². The highest BCUT2D eigenvalue weighted by molar-refractivity contribution is 8.00. The van der Waals surface area contributed by atoms with Crippen LogP contribution in [0.4, 0.5) is 5.69 Å². The second-order valence-electron chi connectivity index (χ2n) is 6.12. The predicted octanol–water partition coefficient (Wildman–Crippen LogP) is 4.07. The zero-order chi connectivity index (χ0) is 17.8. The summed E-state index contributed by atoms with van der Waals surface area (Å²) in [5, 5.41) is 0.438. The Bertz CT molecular complexity index is 790. The van der Waals surface area contributed by atoms with Crippen molar-refractivity contribution in [3.8, 4) is 0 Å². The minimum Gasteiger partial charge on any atom is -0.452 e. The molecule has 25 heavy (non-hydrogen) atoms. The average Bonchev–Trinajstić information content (AvgIpc) is 2.78. The van der Waals surface area contributed by atoms with Crippen LogP contribution in [0.25, 0.3) is 0 Å². The number of aryl methyl sites for hydroxylation is 1. The Morgan fingerprint density at radius 3 is 2.68 bits per heavy atom. The van der Waals surface area contributed by atoms with Crippen molar-refractivity contribution < 1.29 is 14.3 Å². The van der Waals surface area contributed by atoms with Crippen LogP contribution in [0.2, 0.25) is 0 Å². The molecule has 1 aliphatic rings. The van der Waals surface area contributed by atoms with E-state index < -0.39 is 5.97 Å². The van der Waals surface area contributed by atoms with Crippen molar-refractivity contribution in [1.82, 2.24) is 0 Å². The van der Waals surface area contributed by atoms with Gasteiger partial charge in [-0.3, -0.25) is 4.79 Å². The molecule has 1 amide bonds. The van der Waals surface area contributed by atoms with Crippen LogP contribution in [0.3, 0.4) is 0 Å². The summed E-state index contributed by atoms with van der Waals surface area (Å²) in [5.41, 5.74) is 2.23. The van der Waals surface area contributed by atoms with E-state index in [1.54, 1.807) is 28.8 Å². The van der Waals surface area contributed by atoms with Gasteiger partial charge >= 0.3 is 5.97 Å². The van der Waals surface area contributed by atoms with Gasteiger partial charge in [-0.15, -0.1) is 11.8 Å². The topological polar surface area (TPSA) is 46.6 Å². The third-order valence-electron chi connectivity index (χ3n) is 4.24. The summed E-state index contributed by atoms with van der Waals surface area (Å²) < 4.78 is 5.27. The molecule has 2 aromatic rings. The lowest BCUT2D eigenvalue weighted by Gasteiger charge is -2.22. The van der Waals surface area contributed by atoms with E-state index in [0.717, 1.165) is 22.6 Å². The zero-order valence-electron chi connectivity index (χ0n) is 14.4. The monoisotopic (exact) mass is 355 g/mol. The summed E-state index contributed by atoms with van der Waals surface area (Å²) in [5.74, 6) is -0.651. The largest absolute Gasteiger partial charge is 0.452 e. The number of fused-ring (bicyclic) bond motifs is 1. The molecular formula is C20H21NO3S.